The van der Waals surface area contributed by atoms with Gasteiger partial charge in [-0.3, -0.25) is 19.6 Å². The minimum atomic E-state index is -0.570. The first kappa shape index (κ1) is 15.7. The molecule has 22 heavy (non-hydrogen) atoms. The van der Waals surface area contributed by atoms with Gasteiger partial charge in [-0.25, -0.2) is 0 Å². The van der Waals surface area contributed by atoms with E-state index in [4.69, 9.17) is 0 Å². The smallest absolute Gasteiger partial charge is 0.307 e. The van der Waals surface area contributed by atoms with Crippen molar-refractivity contribution in [3.8, 4) is 0 Å². The van der Waals surface area contributed by atoms with Crippen LogP contribution in [-0.4, -0.2) is 20.6 Å². The summed E-state index contributed by atoms with van der Waals surface area (Å²) in [4.78, 5) is 22.6. The Bertz CT molecular complexity index is 654. The van der Waals surface area contributed by atoms with Gasteiger partial charge < -0.3 is 5.32 Å². The molecule has 7 nitrogen and oxygen atoms in total. The van der Waals surface area contributed by atoms with Crippen molar-refractivity contribution in [2.75, 3.05) is 0 Å². The van der Waals surface area contributed by atoms with E-state index < -0.39 is 11.0 Å². The molecule has 7 heteroatoms. The van der Waals surface area contributed by atoms with Crippen LogP contribution in [0.1, 0.15) is 37.9 Å². The molecule has 0 fully saturated rings. The summed E-state index contributed by atoms with van der Waals surface area (Å²) in [5.74, 6) is -0.211. The zero-order valence-electron chi connectivity index (χ0n) is 12.5. The lowest BCUT2D eigenvalue weighted by molar-refractivity contribution is -0.385. The van der Waals surface area contributed by atoms with Gasteiger partial charge >= 0.3 is 5.69 Å². The molecule has 0 aliphatic rings. The van der Waals surface area contributed by atoms with E-state index in [0.717, 1.165) is 11.8 Å². The van der Waals surface area contributed by atoms with E-state index in [2.05, 4.69) is 10.4 Å². The van der Waals surface area contributed by atoms with Crippen molar-refractivity contribution >= 4 is 11.6 Å². The van der Waals surface area contributed by atoms with Gasteiger partial charge in [-0.05, 0) is 18.9 Å². The van der Waals surface area contributed by atoms with Gasteiger partial charge in [-0.2, -0.15) is 5.10 Å². The molecule has 2 unspecified atom stereocenters. The van der Waals surface area contributed by atoms with E-state index in [0.29, 0.717) is 6.42 Å². The minimum Gasteiger partial charge on any atom is -0.348 e. The van der Waals surface area contributed by atoms with Crippen LogP contribution in [0.15, 0.2) is 42.7 Å². The Morgan fingerprint density at radius 1 is 1.41 bits per heavy atom. The number of amides is 1. The molecule has 1 aromatic carbocycles. The zero-order chi connectivity index (χ0) is 16.1. The molecule has 1 heterocycles. The number of hydrogen-bond donors (Lipinski definition) is 1. The number of rotatable bonds is 6. The number of nitrogens with one attached hydrogen (secondary N) is 1. The van der Waals surface area contributed by atoms with Crippen LogP contribution in [-0.2, 0) is 4.79 Å². The molecule has 116 valence electrons. The van der Waals surface area contributed by atoms with E-state index in [9.17, 15) is 14.9 Å². The van der Waals surface area contributed by atoms with Gasteiger partial charge in [0.25, 0.3) is 0 Å². The summed E-state index contributed by atoms with van der Waals surface area (Å²) in [6, 6.07) is 8.89. The molecule has 0 saturated heterocycles. The third-order valence-electron chi connectivity index (χ3n) is 3.47. The lowest BCUT2D eigenvalue weighted by Crippen LogP contribution is -2.34. The van der Waals surface area contributed by atoms with Crippen LogP contribution in [0.25, 0.3) is 0 Å². The molecule has 0 aliphatic heterocycles. The summed E-state index contributed by atoms with van der Waals surface area (Å²) in [5.41, 5.74) is 0.875. The largest absolute Gasteiger partial charge is 0.348 e. The highest BCUT2D eigenvalue weighted by molar-refractivity contribution is 5.80. The Hall–Kier alpha value is -2.70. The van der Waals surface area contributed by atoms with Gasteiger partial charge in [0, 0.05) is 0 Å². The van der Waals surface area contributed by atoms with Crippen LogP contribution in [0.4, 0.5) is 5.69 Å². The molecular weight excluding hydrogens is 284 g/mol. The van der Waals surface area contributed by atoms with Crippen molar-refractivity contribution in [1.82, 2.24) is 15.1 Å². The second-order valence-electron chi connectivity index (χ2n) is 5.00. The normalized spacial score (nSPS) is 13.4. The van der Waals surface area contributed by atoms with Crippen LogP contribution < -0.4 is 5.32 Å². The summed E-state index contributed by atoms with van der Waals surface area (Å²) in [6.07, 6.45) is 2.92. The Morgan fingerprint density at radius 2 is 2.09 bits per heavy atom. The molecule has 0 saturated carbocycles. The highest BCUT2D eigenvalue weighted by Crippen LogP contribution is 2.18. The summed E-state index contributed by atoms with van der Waals surface area (Å²) in [6.45, 7) is 3.73. The van der Waals surface area contributed by atoms with Crippen LogP contribution in [0.2, 0.25) is 0 Å². The highest BCUT2D eigenvalue weighted by Gasteiger charge is 2.23. The van der Waals surface area contributed by atoms with Gasteiger partial charge in [-0.15, -0.1) is 0 Å². The highest BCUT2D eigenvalue weighted by atomic mass is 16.6. The molecule has 0 aliphatic carbocycles. The monoisotopic (exact) mass is 302 g/mol. The molecule has 0 spiro atoms. The first-order valence-electron chi connectivity index (χ1n) is 7.06. The quantitative estimate of drug-likeness (QED) is 0.656. The number of nitro groups is 1. The Balaban J connectivity index is 2.10. The van der Waals surface area contributed by atoms with E-state index in [-0.39, 0.29) is 17.6 Å². The van der Waals surface area contributed by atoms with Gasteiger partial charge in [0.05, 0.1) is 11.0 Å². The molecule has 2 aromatic rings. The molecule has 1 aromatic heterocycles. The summed E-state index contributed by atoms with van der Waals surface area (Å²) in [5, 5.41) is 17.5. The van der Waals surface area contributed by atoms with E-state index >= 15 is 0 Å². The lowest BCUT2D eigenvalue weighted by atomic mass is 10.1. The average molecular weight is 302 g/mol. The second-order valence-corrected chi connectivity index (χ2v) is 5.00. The van der Waals surface area contributed by atoms with E-state index in [1.54, 1.807) is 0 Å². The maximum Gasteiger partial charge on any atom is 0.307 e. The maximum absolute atomic E-state index is 12.4. The first-order chi connectivity index (χ1) is 10.5. The van der Waals surface area contributed by atoms with Crippen LogP contribution in [0.3, 0.4) is 0 Å². The second kappa shape index (κ2) is 6.84. The van der Waals surface area contributed by atoms with Crippen molar-refractivity contribution in [1.29, 1.82) is 0 Å². The molecule has 1 amide bonds. The lowest BCUT2D eigenvalue weighted by Gasteiger charge is -2.19. The number of carbonyl (C=O) groups excluding carboxylic acids is 1. The van der Waals surface area contributed by atoms with Gasteiger partial charge in [0.1, 0.15) is 18.4 Å². The fourth-order valence-corrected chi connectivity index (χ4v) is 2.22. The molecule has 2 atom stereocenters. The molecular formula is C15H18N4O3. The van der Waals surface area contributed by atoms with Crippen LogP contribution in [0, 0.1) is 10.1 Å². The number of carbonyl (C=O) groups is 1. The first-order valence-corrected chi connectivity index (χ1v) is 7.06. The minimum absolute atomic E-state index is 0.123. The third kappa shape index (κ3) is 3.49. The van der Waals surface area contributed by atoms with E-state index in [1.165, 1.54) is 10.9 Å². The summed E-state index contributed by atoms with van der Waals surface area (Å²) < 4.78 is 1.34. The zero-order valence-corrected chi connectivity index (χ0v) is 12.5. The third-order valence-corrected chi connectivity index (χ3v) is 3.47. The topological polar surface area (TPSA) is 90.1 Å². The van der Waals surface area contributed by atoms with Crippen molar-refractivity contribution in [3.63, 3.8) is 0 Å². The predicted molar refractivity (Wildman–Crippen MR) is 81.2 cm³/mol. The van der Waals surface area contributed by atoms with Gasteiger partial charge in [-0.1, -0.05) is 37.3 Å². The van der Waals surface area contributed by atoms with Crippen LogP contribution in [0.5, 0.6) is 0 Å². The number of benzene rings is 1. The SMILES string of the molecule is CCC(C(=O)NC(C)c1ccccc1)n1cc([N+](=O)[O-])cn1. The van der Waals surface area contributed by atoms with Gasteiger partial charge in [0.15, 0.2) is 0 Å². The fourth-order valence-electron chi connectivity index (χ4n) is 2.22. The molecule has 2 rings (SSSR count). The van der Waals surface area contributed by atoms with Crippen molar-refractivity contribution < 1.29 is 9.72 Å². The number of aromatic nitrogens is 2. The standard InChI is InChI=1S/C15H18N4O3/c1-3-14(18-10-13(9-16-18)19(21)22)15(20)17-11(2)12-7-5-4-6-8-12/h4-11,14H,3H2,1-2H3,(H,17,20). The predicted octanol–water partition coefficient (Wildman–Crippen LogP) is 2.62. The molecule has 0 radical (unpaired) electrons. The Labute approximate surface area is 128 Å². The average Bonchev–Trinajstić information content (AvgIpc) is 2.98. The Morgan fingerprint density at radius 3 is 2.64 bits per heavy atom. The van der Waals surface area contributed by atoms with Crippen LogP contribution >= 0.6 is 0 Å². The summed E-state index contributed by atoms with van der Waals surface area (Å²) >= 11 is 0. The van der Waals surface area contributed by atoms with Crippen molar-refractivity contribution in [2.45, 2.75) is 32.4 Å². The van der Waals surface area contributed by atoms with E-state index in [1.807, 2.05) is 44.2 Å². The molecule has 1 N–H and O–H groups in total. The molecule has 0 bridgehead atoms. The maximum atomic E-state index is 12.4. The number of hydrogen-bond acceptors (Lipinski definition) is 4. The van der Waals surface area contributed by atoms with Crippen molar-refractivity contribution in [3.05, 3.63) is 58.4 Å². The number of nitrogens with zero attached hydrogens (tertiary/aromatic N) is 3. The fraction of sp³-hybridized carbons (Fsp3) is 0.333. The Kier molecular flexibility index (Phi) is 4.88. The van der Waals surface area contributed by atoms with Crippen molar-refractivity contribution in [2.24, 2.45) is 0 Å². The van der Waals surface area contributed by atoms with Gasteiger partial charge in [0.2, 0.25) is 5.91 Å². The summed E-state index contributed by atoms with van der Waals surface area (Å²) in [7, 11) is 0.